The molecule has 0 saturated carbocycles. The third-order valence-corrected chi connectivity index (χ3v) is 20.0. The van der Waals surface area contributed by atoms with E-state index in [4.69, 9.17) is 32.3 Å². The van der Waals surface area contributed by atoms with Crippen molar-refractivity contribution in [1.29, 1.82) is 0 Å². The molecule has 0 aliphatic carbocycles. The van der Waals surface area contributed by atoms with Crippen LogP contribution < -0.4 is 0 Å². The van der Waals surface area contributed by atoms with Gasteiger partial charge in [0, 0.05) is 19.3 Å². The number of aliphatic hydroxyl groups excluding tert-OH is 2. The average molecular weight is 1540 g/mol. The highest BCUT2D eigenvalue weighted by Crippen LogP contribution is 2.45. The summed E-state index contributed by atoms with van der Waals surface area (Å²) in [5, 5.41) is 20.7. The maximum atomic E-state index is 13.0. The Balaban J connectivity index is 4.45. The zero-order chi connectivity index (χ0) is 78.0. The van der Waals surface area contributed by atoms with Gasteiger partial charge < -0.3 is 34.2 Å². The van der Waals surface area contributed by atoms with Crippen LogP contribution in [0.5, 0.6) is 0 Å². The van der Waals surface area contributed by atoms with E-state index in [0.717, 1.165) is 141 Å². The molecule has 18 heteroatoms. The second-order valence-electron chi connectivity index (χ2n) is 28.6. The molecule has 0 saturated heterocycles. The first-order valence-corrected chi connectivity index (χ1v) is 45.8. The Bertz CT molecular complexity index is 2430. The molecule has 0 aliphatic heterocycles. The largest absolute Gasteiger partial charge is 0.472 e. The van der Waals surface area contributed by atoms with E-state index in [9.17, 15) is 43.5 Å². The predicted molar refractivity (Wildman–Crippen MR) is 445 cm³/mol. The smallest absolute Gasteiger partial charge is 0.463 e. The zero-order valence-electron chi connectivity index (χ0n) is 67.8. The van der Waals surface area contributed by atoms with Crippen LogP contribution in [0.3, 0.4) is 0 Å². The summed E-state index contributed by atoms with van der Waals surface area (Å²) in [5.74, 6) is -1.59. The average Bonchev–Trinajstić information content (AvgIpc) is 0.906. The van der Waals surface area contributed by atoms with Crippen LogP contribution in [0.15, 0.2) is 122 Å². The molecule has 107 heavy (non-hydrogen) atoms. The molecule has 0 aromatic heterocycles. The van der Waals surface area contributed by atoms with E-state index in [1.165, 1.54) is 167 Å². The van der Waals surface area contributed by atoms with Crippen LogP contribution in [0.4, 0.5) is 0 Å². The highest BCUT2D eigenvalue weighted by Gasteiger charge is 2.29. The molecule has 0 aliphatic rings. The molecular formula is C89H156O16P2. The van der Waals surface area contributed by atoms with Gasteiger partial charge in [0.2, 0.25) is 0 Å². The molecule has 0 radical (unpaired) electrons. The number of unbranched alkanes of at least 4 members (excludes halogenated alkanes) is 38. The predicted octanol–water partition coefficient (Wildman–Crippen LogP) is 25.7. The monoisotopic (exact) mass is 1540 g/mol. The normalized spacial score (nSPS) is 14.5. The number of carbonyl (C=O) groups is 3. The fourth-order valence-electron chi connectivity index (χ4n) is 11.6. The zero-order valence-corrected chi connectivity index (χ0v) is 69.6. The van der Waals surface area contributed by atoms with Gasteiger partial charge in [-0.05, 0) is 135 Å². The van der Waals surface area contributed by atoms with Gasteiger partial charge in [0.05, 0.1) is 26.4 Å². The maximum Gasteiger partial charge on any atom is 0.472 e. The third kappa shape index (κ3) is 82.7. The number of rotatable bonds is 81. The van der Waals surface area contributed by atoms with Crippen molar-refractivity contribution in [2.45, 2.75) is 386 Å². The molecule has 0 heterocycles. The van der Waals surface area contributed by atoms with Crippen molar-refractivity contribution in [1.82, 2.24) is 0 Å². The van der Waals surface area contributed by atoms with E-state index in [1.807, 2.05) is 0 Å². The molecule has 0 spiro atoms. The molecule has 0 amide bonds. The second-order valence-corrected chi connectivity index (χ2v) is 31.5. The second kappa shape index (κ2) is 81.4. The van der Waals surface area contributed by atoms with Crippen LogP contribution in [0.1, 0.15) is 367 Å². The van der Waals surface area contributed by atoms with Gasteiger partial charge in [-0.3, -0.25) is 32.5 Å². The van der Waals surface area contributed by atoms with Crippen molar-refractivity contribution in [3.05, 3.63) is 122 Å². The molecule has 0 bridgehead atoms. The van der Waals surface area contributed by atoms with E-state index in [-0.39, 0.29) is 19.3 Å². The number of hydrogen-bond donors (Lipinski definition) is 4. The molecule has 618 valence electrons. The van der Waals surface area contributed by atoms with Crippen molar-refractivity contribution >= 4 is 33.6 Å². The lowest BCUT2D eigenvalue weighted by atomic mass is 10.0. The summed E-state index contributed by atoms with van der Waals surface area (Å²) in [7, 11) is -9.80. The Labute approximate surface area is 653 Å². The molecule has 0 rings (SSSR count). The van der Waals surface area contributed by atoms with Gasteiger partial charge >= 0.3 is 33.6 Å². The van der Waals surface area contributed by atoms with E-state index in [0.29, 0.717) is 19.3 Å². The molecule has 0 aromatic rings. The van der Waals surface area contributed by atoms with Gasteiger partial charge in [0.1, 0.15) is 25.4 Å². The Morgan fingerprint density at radius 1 is 0.262 bits per heavy atom. The van der Waals surface area contributed by atoms with Gasteiger partial charge in [0.15, 0.2) is 6.10 Å². The van der Waals surface area contributed by atoms with Crippen LogP contribution >= 0.6 is 15.6 Å². The number of carbonyl (C=O) groups excluding carboxylic acids is 3. The topological polar surface area (TPSA) is 231 Å². The molecule has 0 fully saturated rings. The SMILES string of the molecule is CCC/C=C\C/C=C\CCCCCCCC(=O)OC(COC(=O)CCCCCCCCCCCCC/C=C\C/C=C\C/C=C\C/C=C\CCCCC)COP(=O)(O)OCC(O)COP(=O)(O)OCC(O)COC(=O)CCCCCCCCCCCCCCCCC/C=C\C/C=C\C/C=C\C/C=C\CCCCC. The highest BCUT2D eigenvalue weighted by atomic mass is 31.2. The highest BCUT2D eigenvalue weighted by molar-refractivity contribution is 7.47. The summed E-state index contributed by atoms with van der Waals surface area (Å²) in [5.41, 5.74) is 0. The lowest BCUT2D eigenvalue weighted by molar-refractivity contribution is -0.161. The molecule has 5 atom stereocenters. The number of aliphatic hydroxyl groups is 2. The molecular weight excluding hydrogens is 1390 g/mol. The standard InChI is InChI=1S/C89H156O16P2/c1-4-7-10-13-16-19-22-25-27-29-31-33-35-37-39-40-41-42-44-46-47-49-51-53-55-58-60-63-66-69-72-75-87(92)99-78-84(90)79-101-106(95,96)102-80-85(91)81-103-107(97,98)104-83-86(105-89(94)77-74-71-68-65-62-57-24-21-18-15-12-9-6-3)82-100-88(93)76-73-70-67-64-61-59-56-54-52-50-48-45-43-38-36-34-32-30-28-26-23-20-17-14-11-8-5-2/h12,15-17,19-21,24-28,31-34,37-39,43,84-86,90-91H,4-11,13-14,18,22-23,29-30,35-36,40-42,44-83H2,1-3H3,(H,95,96)(H,97,98)/b15-12-,19-16-,20-17-,24-21-,27-25-,28-26-,33-31-,34-32-,39-37-,43-38-. The molecule has 16 nitrogen and oxygen atoms in total. The van der Waals surface area contributed by atoms with Gasteiger partial charge in [-0.2, -0.15) is 0 Å². The molecule has 4 N–H and O–H groups in total. The first kappa shape index (κ1) is 103. The Morgan fingerprint density at radius 2 is 0.486 bits per heavy atom. The summed E-state index contributed by atoms with van der Waals surface area (Å²) in [6, 6.07) is 0. The fraction of sp³-hybridized carbons (Fsp3) is 0.742. The number of esters is 3. The van der Waals surface area contributed by atoms with Crippen LogP contribution in [0.2, 0.25) is 0 Å². The number of allylic oxidation sites excluding steroid dienone is 20. The van der Waals surface area contributed by atoms with Crippen molar-refractivity contribution in [2.24, 2.45) is 0 Å². The van der Waals surface area contributed by atoms with Crippen molar-refractivity contribution in [2.75, 3.05) is 39.6 Å². The number of phosphoric acid groups is 2. The number of ether oxygens (including phenoxy) is 3. The Hall–Kier alpha value is -4.05. The minimum absolute atomic E-state index is 0.0869. The first-order valence-electron chi connectivity index (χ1n) is 42.8. The third-order valence-electron chi connectivity index (χ3n) is 18.1. The van der Waals surface area contributed by atoms with E-state index in [2.05, 4.69) is 142 Å². The van der Waals surface area contributed by atoms with Gasteiger partial charge in [0.25, 0.3) is 0 Å². The Morgan fingerprint density at radius 3 is 0.776 bits per heavy atom. The van der Waals surface area contributed by atoms with Gasteiger partial charge in [-0.15, -0.1) is 0 Å². The quantitative estimate of drug-likeness (QED) is 0.0146. The van der Waals surface area contributed by atoms with Crippen LogP contribution in [0, 0.1) is 0 Å². The summed E-state index contributed by atoms with van der Waals surface area (Å²) >= 11 is 0. The van der Waals surface area contributed by atoms with Crippen LogP contribution in [-0.2, 0) is 55.8 Å². The summed E-state index contributed by atoms with van der Waals surface area (Å²) in [4.78, 5) is 58.7. The lowest BCUT2D eigenvalue weighted by Gasteiger charge is -2.21. The Kier molecular flexibility index (Phi) is 78.4. The minimum atomic E-state index is -4.94. The summed E-state index contributed by atoms with van der Waals surface area (Å²) in [6.07, 6.45) is 98.3. The molecule has 0 aromatic carbocycles. The summed E-state index contributed by atoms with van der Waals surface area (Å²) < 4.78 is 61.2. The fourth-order valence-corrected chi connectivity index (χ4v) is 13.2. The van der Waals surface area contributed by atoms with Crippen LogP contribution in [0.25, 0.3) is 0 Å². The van der Waals surface area contributed by atoms with Crippen molar-refractivity contribution < 1.29 is 75.8 Å². The number of phosphoric ester groups is 2. The van der Waals surface area contributed by atoms with E-state index in [1.54, 1.807) is 0 Å². The summed E-state index contributed by atoms with van der Waals surface area (Å²) in [6.45, 7) is 2.57. The molecule has 5 unspecified atom stereocenters. The van der Waals surface area contributed by atoms with Crippen molar-refractivity contribution in [3.63, 3.8) is 0 Å². The van der Waals surface area contributed by atoms with Crippen LogP contribution in [-0.4, -0.2) is 95.9 Å². The number of hydrogen-bond acceptors (Lipinski definition) is 14. The first-order chi connectivity index (χ1) is 52.2. The lowest BCUT2D eigenvalue weighted by Crippen LogP contribution is -2.30. The minimum Gasteiger partial charge on any atom is -0.463 e. The van der Waals surface area contributed by atoms with Gasteiger partial charge in [-0.1, -0.05) is 335 Å². The van der Waals surface area contributed by atoms with E-state index < -0.39 is 91.5 Å². The maximum absolute atomic E-state index is 13.0. The van der Waals surface area contributed by atoms with Gasteiger partial charge in [-0.25, -0.2) is 9.13 Å². The van der Waals surface area contributed by atoms with Crippen molar-refractivity contribution in [3.8, 4) is 0 Å². The van der Waals surface area contributed by atoms with E-state index >= 15 is 0 Å².